The van der Waals surface area contributed by atoms with E-state index in [1.165, 1.54) is 46.8 Å². The number of rotatable bonds is 6. The number of halogens is 2. The van der Waals surface area contributed by atoms with Gasteiger partial charge in [-0.05, 0) is 17.7 Å². The van der Waals surface area contributed by atoms with E-state index in [1.807, 2.05) is 0 Å². The molecule has 3 rings (SSSR count). The number of thioether (sulfide) groups is 1. The molecule has 22 heavy (non-hydrogen) atoms. The number of hydrogen-bond acceptors (Lipinski definition) is 8. The zero-order chi connectivity index (χ0) is 15.4. The van der Waals surface area contributed by atoms with Crippen LogP contribution >= 0.6 is 46.2 Å². The van der Waals surface area contributed by atoms with Crippen LogP contribution in [-0.4, -0.2) is 19.8 Å². The van der Waals surface area contributed by atoms with E-state index in [9.17, 15) is 4.39 Å². The highest BCUT2D eigenvalue weighted by Gasteiger charge is 2.09. The number of aromatic nitrogens is 4. The van der Waals surface area contributed by atoms with Gasteiger partial charge in [0, 0.05) is 23.8 Å². The number of benzene rings is 1. The predicted molar refractivity (Wildman–Crippen MR) is 88.1 cm³/mol. The van der Waals surface area contributed by atoms with Crippen molar-refractivity contribution in [2.75, 3.05) is 5.32 Å². The van der Waals surface area contributed by atoms with Gasteiger partial charge in [-0.1, -0.05) is 51.3 Å². The van der Waals surface area contributed by atoms with E-state index in [2.05, 4.69) is 25.1 Å². The zero-order valence-corrected chi connectivity index (χ0v) is 14.2. The van der Waals surface area contributed by atoms with Gasteiger partial charge in [0.2, 0.25) is 5.13 Å². The molecule has 0 saturated heterocycles. The number of hydrogen-bond donors (Lipinski definition) is 1. The Kier molecular flexibility index (Phi) is 5.19. The van der Waals surface area contributed by atoms with E-state index >= 15 is 0 Å². The van der Waals surface area contributed by atoms with E-state index in [1.54, 1.807) is 12.1 Å². The van der Waals surface area contributed by atoms with Gasteiger partial charge in [-0.15, -0.1) is 15.3 Å². The van der Waals surface area contributed by atoms with Crippen molar-refractivity contribution in [1.82, 2.24) is 19.8 Å². The molecule has 10 heteroatoms. The van der Waals surface area contributed by atoms with Gasteiger partial charge >= 0.3 is 0 Å². The molecule has 0 atom stereocenters. The third-order valence-corrected chi connectivity index (χ3v) is 5.62. The molecule has 0 saturated carbocycles. The Morgan fingerprint density at radius 1 is 1.18 bits per heavy atom. The van der Waals surface area contributed by atoms with Crippen molar-refractivity contribution in [1.29, 1.82) is 0 Å². The first-order valence-corrected chi connectivity index (χ1v) is 9.07. The first kappa shape index (κ1) is 15.6. The molecule has 2 heterocycles. The topological polar surface area (TPSA) is 63.6 Å². The Labute approximate surface area is 143 Å². The minimum atomic E-state index is -0.242. The van der Waals surface area contributed by atoms with Crippen LogP contribution < -0.4 is 5.32 Å². The monoisotopic (exact) mass is 373 g/mol. The van der Waals surface area contributed by atoms with Crippen LogP contribution in [-0.2, 0) is 12.3 Å². The molecule has 0 amide bonds. The van der Waals surface area contributed by atoms with Crippen LogP contribution in [0.15, 0.2) is 28.6 Å². The number of nitrogens with one attached hydrogen (secondary N) is 1. The maximum Gasteiger partial charge on any atom is 0.206 e. The minimum Gasteiger partial charge on any atom is -0.356 e. The lowest BCUT2D eigenvalue weighted by Gasteiger charge is -2.01. The molecule has 2 aromatic heterocycles. The summed E-state index contributed by atoms with van der Waals surface area (Å²) >= 11 is 10.1. The van der Waals surface area contributed by atoms with Crippen LogP contribution in [0.3, 0.4) is 0 Å². The van der Waals surface area contributed by atoms with Gasteiger partial charge in [-0.25, -0.2) is 4.39 Å². The summed E-state index contributed by atoms with van der Waals surface area (Å²) in [4.78, 5) is 0. The molecule has 3 aromatic rings. The normalized spacial score (nSPS) is 10.8. The van der Waals surface area contributed by atoms with Gasteiger partial charge in [0.15, 0.2) is 4.34 Å². The Bertz CT molecular complexity index is 745. The zero-order valence-electron chi connectivity index (χ0n) is 11.0. The van der Waals surface area contributed by atoms with Crippen molar-refractivity contribution in [2.45, 2.75) is 16.6 Å². The minimum absolute atomic E-state index is 0.242. The Balaban J connectivity index is 1.52. The molecule has 0 aliphatic carbocycles. The first-order chi connectivity index (χ1) is 10.7. The summed E-state index contributed by atoms with van der Waals surface area (Å²) in [6, 6.07) is 6.33. The quantitative estimate of drug-likeness (QED) is 0.656. The molecule has 0 aliphatic heterocycles. The van der Waals surface area contributed by atoms with Gasteiger partial charge in [0.25, 0.3) is 0 Å². The van der Waals surface area contributed by atoms with Crippen molar-refractivity contribution >= 4 is 51.4 Å². The van der Waals surface area contributed by atoms with Crippen LogP contribution in [0, 0.1) is 5.82 Å². The molecule has 0 aliphatic rings. The second kappa shape index (κ2) is 7.32. The van der Waals surface area contributed by atoms with Gasteiger partial charge in [-0.3, -0.25) is 0 Å². The second-order valence-electron chi connectivity index (χ2n) is 4.14. The van der Waals surface area contributed by atoms with Crippen LogP contribution in [0.4, 0.5) is 9.52 Å². The smallest absolute Gasteiger partial charge is 0.206 e. The van der Waals surface area contributed by atoms with Gasteiger partial charge < -0.3 is 5.32 Å². The lowest BCUT2D eigenvalue weighted by atomic mass is 10.2. The Morgan fingerprint density at radius 2 is 2.00 bits per heavy atom. The average molecular weight is 374 g/mol. The highest BCUT2D eigenvalue weighted by atomic mass is 35.5. The summed E-state index contributed by atoms with van der Waals surface area (Å²) in [6.45, 7) is 0.571. The van der Waals surface area contributed by atoms with E-state index in [-0.39, 0.29) is 5.82 Å². The van der Waals surface area contributed by atoms with Crippen molar-refractivity contribution in [3.05, 3.63) is 45.7 Å². The van der Waals surface area contributed by atoms with E-state index in [0.29, 0.717) is 21.8 Å². The molecular weight excluding hydrogens is 365 g/mol. The molecule has 114 valence electrons. The van der Waals surface area contributed by atoms with Crippen LogP contribution in [0.1, 0.15) is 11.3 Å². The summed E-state index contributed by atoms with van der Waals surface area (Å²) < 4.78 is 18.0. The summed E-state index contributed by atoms with van der Waals surface area (Å²) in [7, 11) is 0. The maximum atomic E-state index is 12.8. The third kappa shape index (κ3) is 4.13. The number of anilines is 1. The SMILES string of the molecule is Fc1ccc(CNc2nnc(SCc3nnsc3Cl)s2)cc1. The van der Waals surface area contributed by atoms with E-state index in [0.717, 1.165) is 15.6 Å². The molecule has 0 fully saturated rings. The fourth-order valence-electron chi connectivity index (χ4n) is 1.53. The molecular formula is C12H9ClFN5S3. The molecule has 0 radical (unpaired) electrons. The van der Waals surface area contributed by atoms with Gasteiger partial charge in [0.1, 0.15) is 15.8 Å². The molecule has 0 spiro atoms. The van der Waals surface area contributed by atoms with E-state index < -0.39 is 0 Å². The standard InChI is InChI=1S/C12H9ClFN5S3/c13-10-9(16-19-22-10)6-20-12-18-17-11(21-12)15-5-7-1-3-8(14)4-2-7/h1-4H,5-6H2,(H,15,17). The second-order valence-corrected chi connectivity index (χ2v) is 7.69. The summed E-state index contributed by atoms with van der Waals surface area (Å²) in [5, 5.41) is 16.0. The predicted octanol–water partition coefficient (Wildman–Crippen LogP) is 4.09. The maximum absolute atomic E-state index is 12.8. The summed E-state index contributed by atoms with van der Waals surface area (Å²) in [5.74, 6) is 0.371. The fraction of sp³-hybridized carbons (Fsp3) is 0.167. The van der Waals surface area contributed by atoms with Crippen molar-refractivity contribution in [3.63, 3.8) is 0 Å². The molecule has 1 N–H and O–H groups in total. The van der Waals surface area contributed by atoms with Crippen LogP contribution in [0.25, 0.3) is 0 Å². The van der Waals surface area contributed by atoms with Gasteiger partial charge in [0.05, 0.1) is 0 Å². The lowest BCUT2D eigenvalue weighted by Crippen LogP contribution is -1.98. The molecule has 1 aromatic carbocycles. The third-order valence-electron chi connectivity index (χ3n) is 2.61. The van der Waals surface area contributed by atoms with Crippen LogP contribution in [0.5, 0.6) is 0 Å². The first-order valence-electron chi connectivity index (χ1n) is 6.12. The van der Waals surface area contributed by atoms with Crippen LogP contribution in [0.2, 0.25) is 4.34 Å². The largest absolute Gasteiger partial charge is 0.356 e. The summed E-state index contributed by atoms with van der Waals surface area (Å²) in [6.07, 6.45) is 0. The highest BCUT2D eigenvalue weighted by molar-refractivity contribution is 8.00. The Morgan fingerprint density at radius 3 is 2.73 bits per heavy atom. The fourth-order valence-corrected chi connectivity index (χ4v) is 4.01. The highest BCUT2D eigenvalue weighted by Crippen LogP contribution is 2.30. The summed E-state index contributed by atoms with van der Waals surface area (Å²) in [5.41, 5.74) is 1.74. The molecule has 0 unspecified atom stereocenters. The average Bonchev–Trinajstić information content (AvgIpc) is 3.13. The van der Waals surface area contributed by atoms with Crippen molar-refractivity contribution < 1.29 is 4.39 Å². The Hall–Kier alpha value is -1.29. The van der Waals surface area contributed by atoms with Crippen molar-refractivity contribution in [2.24, 2.45) is 0 Å². The van der Waals surface area contributed by atoms with E-state index in [4.69, 9.17) is 11.6 Å². The van der Waals surface area contributed by atoms with Gasteiger partial charge in [-0.2, -0.15) is 0 Å². The lowest BCUT2D eigenvalue weighted by molar-refractivity contribution is 0.627. The molecule has 5 nitrogen and oxygen atoms in total. The van der Waals surface area contributed by atoms with Crippen molar-refractivity contribution in [3.8, 4) is 0 Å². The molecule has 0 bridgehead atoms. The number of nitrogens with zero attached hydrogens (tertiary/aromatic N) is 4.